The molecule has 4 heterocycles. The highest BCUT2D eigenvalue weighted by molar-refractivity contribution is 5.93. The first kappa shape index (κ1) is 23.5. The lowest BCUT2D eigenvalue weighted by Crippen LogP contribution is -2.38. The molecule has 1 fully saturated rings. The van der Waals surface area contributed by atoms with E-state index in [1.165, 1.54) is 11.8 Å². The molecule has 0 unspecified atom stereocenters. The molecule has 0 saturated carbocycles. The fourth-order valence-corrected chi connectivity index (χ4v) is 4.13. The van der Waals surface area contributed by atoms with Crippen molar-refractivity contribution in [2.75, 3.05) is 46.6 Å². The van der Waals surface area contributed by atoms with Gasteiger partial charge in [0.15, 0.2) is 11.5 Å². The maximum Gasteiger partial charge on any atom is 0.341 e. The fourth-order valence-electron chi connectivity index (χ4n) is 4.13. The summed E-state index contributed by atoms with van der Waals surface area (Å²) in [6, 6.07) is 12.7. The molecule has 0 spiro atoms. The molecule has 1 saturated heterocycles. The first-order valence-corrected chi connectivity index (χ1v) is 11.5. The van der Waals surface area contributed by atoms with E-state index in [0.717, 1.165) is 49.6 Å². The van der Waals surface area contributed by atoms with Crippen molar-refractivity contribution < 1.29 is 19.0 Å². The molecule has 36 heavy (non-hydrogen) atoms. The molecule has 0 atom stereocenters. The van der Waals surface area contributed by atoms with E-state index >= 15 is 0 Å². The van der Waals surface area contributed by atoms with Gasteiger partial charge in [-0.2, -0.15) is 10.4 Å². The number of morpholine rings is 1. The second-order valence-corrected chi connectivity index (χ2v) is 8.29. The second kappa shape index (κ2) is 10.2. The van der Waals surface area contributed by atoms with E-state index in [4.69, 9.17) is 19.2 Å². The Bertz CT molecular complexity index is 1450. The number of carbonyl (C=O) groups excluding carboxylic acids is 1. The van der Waals surface area contributed by atoms with Gasteiger partial charge in [0.2, 0.25) is 0 Å². The summed E-state index contributed by atoms with van der Waals surface area (Å²) in [6.45, 7) is 6.59. The van der Waals surface area contributed by atoms with E-state index in [9.17, 15) is 10.1 Å². The van der Waals surface area contributed by atoms with Crippen molar-refractivity contribution in [3.05, 3.63) is 59.7 Å². The van der Waals surface area contributed by atoms with Crippen LogP contribution in [0.4, 0.5) is 0 Å². The van der Waals surface area contributed by atoms with E-state index in [0.29, 0.717) is 18.1 Å². The molecule has 11 nitrogen and oxygen atoms in total. The molecule has 1 aliphatic rings. The molecule has 0 amide bonds. The van der Waals surface area contributed by atoms with Crippen LogP contribution in [-0.2, 0) is 9.47 Å². The normalized spacial score (nSPS) is 14.0. The van der Waals surface area contributed by atoms with Gasteiger partial charge in [-0.05, 0) is 37.3 Å². The van der Waals surface area contributed by atoms with Crippen LogP contribution in [0.25, 0.3) is 22.7 Å². The Morgan fingerprint density at radius 3 is 2.78 bits per heavy atom. The summed E-state index contributed by atoms with van der Waals surface area (Å²) in [5, 5.41) is 13.5. The molecule has 0 bridgehead atoms. The maximum absolute atomic E-state index is 12.4. The van der Waals surface area contributed by atoms with Crippen molar-refractivity contribution >= 4 is 17.0 Å². The number of hydrogen-bond acceptors (Lipinski definition) is 9. The molecule has 0 aliphatic carbocycles. The lowest BCUT2D eigenvalue weighted by atomic mass is 10.2. The van der Waals surface area contributed by atoms with Crippen LogP contribution in [-0.4, -0.2) is 81.7 Å². The van der Waals surface area contributed by atoms with Gasteiger partial charge in [-0.25, -0.2) is 19.4 Å². The number of ether oxygens (including phenoxy) is 3. The number of rotatable bonds is 7. The van der Waals surface area contributed by atoms with E-state index < -0.39 is 5.97 Å². The summed E-state index contributed by atoms with van der Waals surface area (Å²) in [4.78, 5) is 24.0. The number of nitriles is 1. The van der Waals surface area contributed by atoms with Gasteiger partial charge < -0.3 is 14.2 Å². The molecule has 3 aromatic heterocycles. The third-order valence-electron chi connectivity index (χ3n) is 6.01. The number of pyridine rings is 1. The monoisotopic (exact) mass is 487 g/mol. The van der Waals surface area contributed by atoms with Crippen LogP contribution in [0.2, 0.25) is 0 Å². The van der Waals surface area contributed by atoms with Crippen molar-refractivity contribution in [1.29, 1.82) is 5.26 Å². The Morgan fingerprint density at radius 1 is 1.19 bits per heavy atom. The third-order valence-corrected chi connectivity index (χ3v) is 6.01. The summed E-state index contributed by atoms with van der Waals surface area (Å²) in [7, 11) is 1.31. The van der Waals surface area contributed by atoms with E-state index in [2.05, 4.69) is 15.0 Å². The molecule has 0 N–H and O–H groups in total. The second-order valence-electron chi connectivity index (χ2n) is 8.29. The zero-order valence-corrected chi connectivity index (χ0v) is 20.0. The Kier molecular flexibility index (Phi) is 6.62. The van der Waals surface area contributed by atoms with Crippen molar-refractivity contribution in [2.24, 2.45) is 0 Å². The van der Waals surface area contributed by atoms with Crippen LogP contribution in [0.1, 0.15) is 21.7 Å². The lowest BCUT2D eigenvalue weighted by molar-refractivity contribution is 0.0322. The van der Waals surface area contributed by atoms with E-state index in [-0.39, 0.29) is 17.1 Å². The fraction of sp³-hybridized carbons (Fsp3) is 0.320. The smallest absolute Gasteiger partial charge is 0.341 e. The van der Waals surface area contributed by atoms with Gasteiger partial charge in [-0.1, -0.05) is 0 Å². The number of nitrogens with zero attached hydrogens (tertiary/aromatic N) is 7. The van der Waals surface area contributed by atoms with Gasteiger partial charge in [0.25, 0.3) is 0 Å². The molecule has 1 aromatic carbocycles. The van der Waals surface area contributed by atoms with Crippen LogP contribution in [0.3, 0.4) is 0 Å². The standard InChI is InChI=1S/C25H25N7O4/c1-17-13-18(15-26)29-32(17)24-20(25(33)34-2)4-6-23(28-24)31-16-27-21-14-19(3-5-22(21)31)36-12-9-30-7-10-35-11-8-30/h3-6,13-14,16H,7-12H2,1-2H3. The average Bonchev–Trinajstić information content (AvgIpc) is 3.51. The Morgan fingerprint density at radius 2 is 2.03 bits per heavy atom. The average molecular weight is 488 g/mol. The Balaban J connectivity index is 1.43. The highest BCUT2D eigenvalue weighted by Crippen LogP contribution is 2.24. The van der Waals surface area contributed by atoms with Gasteiger partial charge in [-0.15, -0.1) is 0 Å². The summed E-state index contributed by atoms with van der Waals surface area (Å²) >= 11 is 0. The zero-order valence-electron chi connectivity index (χ0n) is 20.0. The lowest BCUT2D eigenvalue weighted by Gasteiger charge is -2.26. The predicted octanol–water partition coefficient (Wildman–Crippen LogP) is 2.28. The minimum atomic E-state index is -0.549. The summed E-state index contributed by atoms with van der Waals surface area (Å²) < 4.78 is 19.5. The number of hydrogen-bond donors (Lipinski definition) is 0. The van der Waals surface area contributed by atoms with Crippen LogP contribution in [0.15, 0.2) is 42.7 Å². The van der Waals surface area contributed by atoms with Crippen LogP contribution < -0.4 is 4.74 Å². The number of imidazole rings is 1. The number of esters is 1. The number of aromatic nitrogens is 5. The predicted molar refractivity (Wildman–Crippen MR) is 130 cm³/mol. The summed E-state index contributed by atoms with van der Waals surface area (Å²) in [5.41, 5.74) is 2.70. The third kappa shape index (κ3) is 4.64. The zero-order chi connectivity index (χ0) is 25.1. The van der Waals surface area contributed by atoms with Crippen molar-refractivity contribution in [3.8, 4) is 23.5 Å². The molecular formula is C25H25N7O4. The topological polar surface area (TPSA) is 120 Å². The largest absolute Gasteiger partial charge is 0.492 e. The SMILES string of the molecule is COC(=O)c1ccc(-n2cnc3cc(OCCN4CCOCC4)ccc32)nc1-n1nc(C#N)cc1C. The Hall–Kier alpha value is -4.27. The maximum atomic E-state index is 12.4. The molecule has 11 heteroatoms. The van der Waals surface area contributed by atoms with Crippen LogP contribution >= 0.6 is 0 Å². The minimum Gasteiger partial charge on any atom is -0.492 e. The minimum absolute atomic E-state index is 0.227. The van der Waals surface area contributed by atoms with Crippen molar-refractivity contribution in [2.45, 2.75) is 6.92 Å². The van der Waals surface area contributed by atoms with Gasteiger partial charge in [0.05, 0.1) is 31.4 Å². The van der Waals surface area contributed by atoms with Crippen molar-refractivity contribution in [1.82, 2.24) is 29.2 Å². The molecule has 5 rings (SSSR count). The Labute approximate surface area is 207 Å². The number of benzene rings is 1. The molecule has 1 aliphatic heterocycles. The first-order valence-electron chi connectivity index (χ1n) is 11.5. The molecule has 4 aromatic rings. The first-order chi connectivity index (χ1) is 17.6. The highest BCUT2D eigenvalue weighted by atomic mass is 16.5. The van der Waals surface area contributed by atoms with E-state index in [1.54, 1.807) is 31.5 Å². The number of fused-ring (bicyclic) bond motifs is 1. The summed E-state index contributed by atoms with van der Waals surface area (Å²) in [6.07, 6.45) is 1.67. The molecular weight excluding hydrogens is 462 g/mol. The van der Waals surface area contributed by atoms with Crippen LogP contribution in [0.5, 0.6) is 5.75 Å². The van der Waals surface area contributed by atoms with Crippen molar-refractivity contribution in [3.63, 3.8) is 0 Å². The van der Waals surface area contributed by atoms with Gasteiger partial charge in [-0.3, -0.25) is 9.47 Å². The number of carbonyl (C=O) groups is 1. The van der Waals surface area contributed by atoms with E-state index in [1.807, 2.05) is 28.8 Å². The highest BCUT2D eigenvalue weighted by Gasteiger charge is 2.20. The van der Waals surface area contributed by atoms with Crippen LogP contribution in [0, 0.1) is 18.3 Å². The van der Waals surface area contributed by atoms with Gasteiger partial charge in [0.1, 0.15) is 36.1 Å². The quantitative estimate of drug-likeness (QED) is 0.362. The molecule has 0 radical (unpaired) electrons. The molecule has 184 valence electrons. The summed E-state index contributed by atoms with van der Waals surface area (Å²) in [5.74, 6) is 0.997. The van der Waals surface area contributed by atoms with Gasteiger partial charge >= 0.3 is 5.97 Å². The number of aryl methyl sites for hydroxylation is 1. The van der Waals surface area contributed by atoms with Gasteiger partial charge in [0, 0.05) is 31.4 Å². The number of methoxy groups -OCH3 is 1.